The van der Waals surface area contributed by atoms with Crippen LogP contribution in [0.4, 0.5) is 20.2 Å². The molecule has 0 saturated carbocycles. The molecule has 0 amide bonds. The molecule has 1 aliphatic rings. The maximum atomic E-state index is 13.3. The van der Waals surface area contributed by atoms with Gasteiger partial charge in [0, 0.05) is 31.3 Å². The van der Waals surface area contributed by atoms with Crippen LogP contribution in [0.15, 0.2) is 12.1 Å². The van der Waals surface area contributed by atoms with Crippen LogP contribution < -0.4 is 10.6 Å². The second kappa shape index (κ2) is 5.10. The van der Waals surface area contributed by atoms with Crippen molar-refractivity contribution in [2.24, 2.45) is 0 Å². The highest BCUT2D eigenvalue weighted by molar-refractivity contribution is 5.68. The van der Waals surface area contributed by atoms with Crippen LogP contribution in [0.5, 0.6) is 0 Å². The Morgan fingerprint density at radius 3 is 2.61 bits per heavy atom. The highest BCUT2D eigenvalue weighted by Crippen LogP contribution is 2.29. The molecule has 1 fully saturated rings. The fourth-order valence-corrected chi connectivity index (χ4v) is 2.42. The molecule has 1 unspecified atom stereocenters. The Kier molecular flexibility index (Phi) is 3.71. The average Bonchev–Trinajstić information content (AvgIpc) is 2.34. The first-order valence-corrected chi connectivity index (χ1v) is 6.15. The molecule has 1 atom stereocenters. The van der Waals surface area contributed by atoms with Gasteiger partial charge < -0.3 is 15.5 Å². The number of nitrogens with zero attached hydrogens (tertiary/aromatic N) is 2. The van der Waals surface area contributed by atoms with E-state index in [1.165, 1.54) is 6.07 Å². The Bertz CT molecular complexity index is 434. The molecule has 3 nitrogen and oxygen atoms in total. The highest BCUT2D eigenvalue weighted by Gasteiger charge is 2.23. The van der Waals surface area contributed by atoms with E-state index in [9.17, 15) is 8.78 Å². The van der Waals surface area contributed by atoms with Crippen LogP contribution in [-0.2, 0) is 0 Å². The molecule has 0 bridgehead atoms. The molecule has 0 aromatic heterocycles. The Morgan fingerprint density at radius 2 is 1.94 bits per heavy atom. The van der Waals surface area contributed by atoms with Gasteiger partial charge in [0.25, 0.3) is 0 Å². The molecular weight excluding hydrogens is 236 g/mol. The van der Waals surface area contributed by atoms with Crippen LogP contribution >= 0.6 is 0 Å². The summed E-state index contributed by atoms with van der Waals surface area (Å²) >= 11 is 0. The molecule has 1 aliphatic heterocycles. The largest absolute Gasteiger partial charge is 0.397 e. The van der Waals surface area contributed by atoms with E-state index in [1.807, 2.05) is 19.0 Å². The third-order valence-corrected chi connectivity index (χ3v) is 3.54. The minimum absolute atomic E-state index is 0.299. The number of hydrogen-bond acceptors (Lipinski definition) is 3. The van der Waals surface area contributed by atoms with Gasteiger partial charge in [-0.15, -0.1) is 0 Å². The molecule has 0 aliphatic carbocycles. The maximum absolute atomic E-state index is 13.3. The van der Waals surface area contributed by atoms with E-state index in [0.717, 1.165) is 32.0 Å². The first-order valence-electron chi connectivity index (χ1n) is 6.15. The van der Waals surface area contributed by atoms with Gasteiger partial charge in [-0.2, -0.15) is 0 Å². The van der Waals surface area contributed by atoms with Gasteiger partial charge in [-0.05, 0) is 26.9 Å². The quantitative estimate of drug-likeness (QED) is 0.821. The van der Waals surface area contributed by atoms with E-state index in [2.05, 4.69) is 4.90 Å². The van der Waals surface area contributed by atoms with Crippen LogP contribution in [0.25, 0.3) is 0 Å². The Hall–Kier alpha value is -1.36. The lowest BCUT2D eigenvalue weighted by atomic mass is 10.0. The van der Waals surface area contributed by atoms with Gasteiger partial charge in [0.2, 0.25) is 0 Å². The van der Waals surface area contributed by atoms with E-state index in [0.29, 0.717) is 17.4 Å². The molecule has 1 aromatic rings. The van der Waals surface area contributed by atoms with Crippen LogP contribution in [0.2, 0.25) is 0 Å². The Balaban J connectivity index is 2.23. The normalized spacial score (nSPS) is 20.5. The van der Waals surface area contributed by atoms with Crippen LogP contribution in [0.1, 0.15) is 12.8 Å². The van der Waals surface area contributed by atoms with Gasteiger partial charge in [-0.3, -0.25) is 0 Å². The number of rotatable bonds is 2. The second-order valence-electron chi connectivity index (χ2n) is 5.03. The zero-order valence-electron chi connectivity index (χ0n) is 10.8. The number of nitrogens with two attached hydrogens (primary N) is 1. The molecule has 0 spiro atoms. The monoisotopic (exact) mass is 255 g/mol. The predicted molar refractivity (Wildman–Crippen MR) is 69.7 cm³/mol. The van der Waals surface area contributed by atoms with E-state index < -0.39 is 11.6 Å². The lowest BCUT2D eigenvalue weighted by Gasteiger charge is -2.38. The van der Waals surface area contributed by atoms with Gasteiger partial charge in [-0.25, -0.2) is 8.78 Å². The predicted octanol–water partition coefficient (Wildman–Crippen LogP) is 2.08. The summed E-state index contributed by atoms with van der Waals surface area (Å²) in [5.41, 5.74) is 6.68. The zero-order valence-corrected chi connectivity index (χ0v) is 10.8. The fourth-order valence-electron chi connectivity index (χ4n) is 2.42. The molecule has 0 radical (unpaired) electrons. The maximum Gasteiger partial charge on any atom is 0.161 e. The minimum atomic E-state index is -0.891. The van der Waals surface area contributed by atoms with Crippen LogP contribution in [-0.4, -0.2) is 38.1 Å². The number of piperidine rings is 1. The van der Waals surface area contributed by atoms with Crippen molar-refractivity contribution in [2.75, 3.05) is 37.8 Å². The summed E-state index contributed by atoms with van der Waals surface area (Å²) in [4.78, 5) is 4.19. The molecule has 5 heteroatoms. The lowest BCUT2D eigenvalue weighted by Crippen LogP contribution is -2.45. The molecule has 1 heterocycles. The van der Waals surface area contributed by atoms with Gasteiger partial charge in [0.1, 0.15) is 0 Å². The van der Waals surface area contributed by atoms with Gasteiger partial charge in [0.05, 0.1) is 11.4 Å². The van der Waals surface area contributed by atoms with Gasteiger partial charge in [0.15, 0.2) is 11.6 Å². The number of benzene rings is 1. The standard InChI is InChI=1S/C13H19F2N3/c1-17(2)9-4-3-5-18(8-9)13-7-11(15)10(14)6-12(13)16/h6-7,9H,3-5,8,16H2,1-2H3. The van der Waals surface area contributed by atoms with Gasteiger partial charge >= 0.3 is 0 Å². The average molecular weight is 255 g/mol. The number of nitrogen functional groups attached to an aromatic ring is 1. The van der Waals surface area contributed by atoms with Crippen molar-refractivity contribution in [1.82, 2.24) is 4.90 Å². The van der Waals surface area contributed by atoms with Crippen molar-refractivity contribution in [2.45, 2.75) is 18.9 Å². The Morgan fingerprint density at radius 1 is 1.28 bits per heavy atom. The summed E-state index contributed by atoms with van der Waals surface area (Å²) in [6, 6.07) is 2.68. The van der Waals surface area contributed by atoms with Crippen LogP contribution in [0.3, 0.4) is 0 Å². The number of anilines is 2. The summed E-state index contributed by atoms with van der Waals surface area (Å²) in [6.45, 7) is 1.63. The summed E-state index contributed by atoms with van der Waals surface area (Å²) in [6.07, 6.45) is 2.15. The van der Waals surface area contributed by atoms with Crippen molar-refractivity contribution >= 4 is 11.4 Å². The molecule has 1 saturated heterocycles. The highest BCUT2D eigenvalue weighted by atomic mass is 19.2. The molecule has 2 rings (SSSR count). The summed E-state index contributed by atoms with van der Waals surface area (Å²) in [5, 5.41) is 0. The number of halogens is 2. The van der Waals surface area contributed by atoms with Crippen molar-refractivity contribution in [1.29, 1.82) is 0 Å². The van der Waals surface area contributed by atoms with Crippen molar-refractivity contribution in [3.8, 4) is 0 Å². The van der Waals surface area contributed by atoms with E-state index in [4.69, 9.17) is 5.73 Å². The number of hydrogen-bond donors (Lipinski definition) is 1. The Labute approximate surface area is 106 Å². The third-order valence-electron chi connectivity index (χ3n) is 3.54. The van der Waals surface area contributed by atoms with Crippen LogP contribution in [0, 0.1) is 11.6 Å². The summed E-state index contributed by atoms with van der Waals surface area (Å²) in [7, 11) is 4.06. The molecule has 100 valence electrons. The lowest BCUT2D eigenvalue weighted by molar-refractivity contribution is 0.258. The fraction of sp³-hybridized carbons (Fsp3) is 0.538. The minimum Gasteiger partial charge on any atom is -0.397 e. The van der Waals surface area contributed by atoms with Crippen molar-refractivity contribution in [3.63, 3.8) is 0 Å². The molecular formula is C13H19F2N3. The summed E-state index contributed by atoms with van der Waals surface area (Å²) < 4.78 is 26.4. The van der Waals surface area contributed by atoms with E-state index >= 15 is 0 Å². The summed E-state index contributed by atoms with van der Waals surface area (Å²) in [5.74, 6) is -1.73. The topological polar surface area (TPSA) is 32.5 Å². The molecule has 18 heavy (non-hydrogen) atoms. The van der Waals surface area contributed by atoms with E-state index in [-0.39, 0.29) is 0 Å². The molecule has 1 aromatic carbocycles. The number of likely N-dealkylation sites (N-methyl/N-ethyl adjacent to an activating group) is 1. The van der Waals surface area contributed by atoms with E-state index in [1.54, 1.807) is 0 Å². The SMILES string of the molecule is CN(C)C1CCCN(c2cc(F)c(F)cc2N)C1. The van der Waals surface area contributed by atoms with Crippen molar-refractivity contribution in [3.05, 3.63) is 23.8 Å². The zero-order chi connectivity index (χ0) is 13.3. The first-order chi connectivity index (χ1) is 8.49. The first kappa shape index (κ1) is 13.1. The van der Waals surface area contributed by atoms with Gasteiger partial charge in [-0.1, -0.05) is 0 Å². The second-order valence-corrected chi connectivity index (χ2v) is 5.03. The smallest absolute Gasteiger partial charge is 0.161 e. The molecule has 2 N–H and O–H groups in total. The third kappa shape index (κ3) is 2.56. The van der Waals surface area contributed by atoms with Crippen molar-refractivity contribution < 1.29 is 8.78 Å².